The lowest BCUT2D eigenvalue weighted by atomic mass is 10.2. The summed E-state index contributed by atoms with van der Waals surface area (Å²) < 4.78 is 5.98. The maximum atomic E-state index is 10.9. The first kappa shape index (κ1) is 15.7. The number of hydrogen-bond donors (Lipinski definition) is 0. The van der Waals surface area contributed by atoms with Crippen molar-refractivity contribution in [3.05, 3.63) is 100 Å². The van der Waals surface area contributed by atoms with Crippen LogP contribution in [0.25, 0.3) is 0 Å². The molecule has 0 aromatic heterocycles. The molecule has 26 heavy (non-hydrogen) atoms. The quantitative estimate of drug-likeness (QED) is 0.518. The summed E-state index contributed by atoms with van der Waals surface area (Å²) in [6.07, 6.45) is 0. The minimum absolute atomic E-state index is 0.0203. The second kappa shape index (κ2) is 6.60. The predicted octanol–water partition coefficient (Wildman–Crippen LogP) is 4.51. The highest BCUT2D eigenvalue weighted by Gasteiger charge is 2.17. The number of non-ortho nitro benzene ring substituents is 1. The van der Waals surface area contributed by atoms with E-state index in [4.69, 9.17) is 4.74 Å². The monoisotopic (exact) mass is 343 g/mol. The number of nitrogens with zero attached hydrogens (tertiary/aromatic N) is 3. The largest absolute Gasteiger partial charge is 0.436 e. The highest BCUT2D eigenvalue weighted by Crippen LogP contribution is 2.31. The van der Waals surface area contributed by atoms with Gasteiger partial charge in [0.2, 0.25) is 5.90 Å². The molecule has 0 fully saturated rings. The van der Waals surface area contributed by atoms with Gasteiger partial charge in [0.05, 0.1) is 4.92 Å². The van der Waals surface area contributed by atoms with Gasteiger partial charge in [-0.3, -0.25) is 10.1 Å². The topological polar surface area (TPSA) is 77.1 Å². The van der Waals surface area contributed by atoms with Gasteiger partial charge < -0.3 is 4.74 Å². The van der Waals surface area contributed by atoms with E-state index in [0.29, 0.717) is 28.7 Å². The molecule has 3 aromatic carbocycles. The fourth-order valence-corrected chi connectivity index (χ4v) is 2.56. The third-order valence-electron chi connectivity index (χ3n) is 3.86. The number of rotatable bonds is 3. The molecule has 0 spiro atoms. The zero-order chi connectivity index (χ0) is 17.9. The molecule has 1 aliphatic heterocycles. The Hall–Kier alpha value is -3.80. The zero-order valence-electron chi connectivity index (χ0n) is 13.6. The van der Waals surface area contributed by atoms with Crippen molar-refractivity contribution in [1.82, 2.24) is 0 Å². The van der Waals surface area contributed by atoms with Gasteiger partial charge in [0.15, 0.2) is 11.6 Å². The van der Waals surface area contributed by atoms with Crippen LogP contribution in [0, 0.1) is 10.1 Å². The predicted molar refractivity (Wildman–Crippen MR) is 99.3 cm³/mol. The number of fused-ring (bicyclic) bond motifs is 1. The maximum absolute atomic E-state index is 10.9. The minimum atomic E-state index is -0.435. The Bertz CT molecular complexity index is 1030. The number of nitro benzene ring substituents is 1. The first-order valence-corrected chi connectivity index (χ1v) is 7.95. The van der Waals surface area contributed by atoms with Gasteiger partial charge in [-0.2, -0.15) is 4.99 Å². The van der Waals surface area contributed by atoms with Crippen molar-refractivity contribution in [3.63, 3.8) is 0 Å². The van der Waals surface area contributed by atoms with Crippen molar-refractivity contribution in [2.24, 2.45) is 9.98 Å². The number of benzene rings is 3. The van der Waals surface area contributed by atoms with Crippen LogP contribution in [0.4, 0.5) is 11.4 Å². The van der Waals surface area contributed by atoms with E-state index in [9.17, 15) is 10.1 Å². The summed E-state index contributed by atoms with van der Waals surface area (Å²) in [5.74, 6) is 1.46. The van der Waals surface area contributed by atoms with Crippen LogP contribution in [0.1, 0.15) is 11.1 Å². The number of para-hydroxylation sites is 2. The van der Waals surface area contributed by atoms with Crippen molar-refractivity contribution in [2.45, 2.75) is 0 Å². The Morgan fingerprint density at radius 3 is 2.19 bits per heavy atom. The van der Waals surface area contributed by atoms with Crippen LogP contribution in [-0.2, 0) is 0 Å². The fourth-order valence-electron chi connectivity index (χ4n) is 2.56. The summed E-state index contributed by atoms with van der Waals surface area (Å²) in [7, 11) is 0. The van der Waals surface area contributed by atoms with Crippen LogP contribution in [0.15, 0.2) is 88.8 Å². The molecular formula is C20H13N3O3. The van der Waals surface area contributed by atoms with Gasteiger partial charge >= 0.3 is 0 Å². The molecule has 0 radical (unpaired) electrons. The summed E-state index contributed by atoms with van der Waals surface area (Å²) in [5.41, 5.74) is 2.16. The van der Waals surface area contributed by atoms with Gasteiger partial charge in [-0.05, 0) is 36.4 Å². The molecule has 0 amide bonds. The molecule has 0 saturated heterocycles. The van der Waals surface area contributed by atoms with E-state index in [1.54, 1.807) is 12.1 Å². The van der Waals surface area contributed by atoms with E-state index in [-0.39, 0.29) is 5.69 Å². The van der Waals surface area contributed by atoms with Crippen molar-refractivity contribution in [1.29, 1.82) is 0 Å². The molecule has 1 aliphatic rings. The Morgan fingerprint density at radius 2 is 1.46 bits per heavy atom. The first-order valence-electron chi connectivity index (χ1n) is 7.95. The molecule has 4 rings (SSSR count). The number of nitro groups is 1. The Labute approximate surface area is 149 Å². The van der Waals surface area contributed by atoms with Crippen LogP contribution in [0.5, 0.6) is 5.75 Å². The fraction of sp³-hybridized carbons (Fsp3) is 0. The molecule has 0 bridgehead atoms. The second-order valence-corrected chi connectivity index (χ2v) is 5.59. The Morgan fingerprint density at radius 1 is 0.769 bits per heavy atom. The maximum Gasteiger partial charge on any atom is 0.269 e. The standard InChI is InChI=1S/C20H13N3O3/c24-23(25)16-12-10-14(11-13-16)19-21-17-8-4-5-9-18(17)26-20(22-19)15-6-2-1-3-7-15/h1-13H. The van der Waals surface area contributed by atoms with Gasteiger partial charge in [-0.25, -0.2) is 4.99 Å². The van der Waals surface area contributed by atoms with Crippen LogP contribution in [0.2, 0.25) is 0 Å². The highest BCUT2D eigenvalue weighted by molar-refractivity contribution is 6.12. The van der Waals surface area contributed by atoms with Crippen molar-refractivity contribution in [3.8, 4) is 5.75 Å². The zero-order valence-corrected chi connectivity index (χ0v) is 13.6. The number of amidine groups is 1. The van der Waals surface area contributed by atoms with Gasteiger partial charge in [-0.1, -0.05) is 30.3 Å². The van der Waals surface area contributed by atoms with Crippen LogP contribution < -0.4 is 4.74 Å². The molecule has 0 unspecified atom stereocenters. The van der Waals surface area contributed by atoms with Crippen LogP contribution in [-0.4, -0.2) is 16.7 Å². The average molecular weight is 343 g/mol. The van der Waals surface area contributed by atoms with Crippen LogP contribution in [0.3, 0.4) is 0 Å². The molecule has 1 heterocycles. The molecule has 6 heteroatoms. The summed E-state index contributed by atoms with van der Waals surface area (Å²) in [6, 6.07) is 23.1. The summed E-state index contributed by atoms with van der Waals surface area (Å²) in [6.45, 7) is 0. The summed E-state index contributed by atoms with van der Waals surface area (Å²) >= 11 is 0. The molecule has 3 aromatic rings. The Balaban J connectivity index is 1.84. The molecule has 0 aliphatic carbocycles. The summed E-state index contributed by atoms with van der Waals surface area (Å²) in [4.78, 5) is 19.6. The van der Waals surface area contributed by atoms with Crippen molar-refractivity contribution in [2.75, 3.05) is 0 Å². The normalized spacial score (nSPS) is 12.9. The SMILES string of the molecule is O=[N+]([O-])c1ccc(C2=Nc3ccccc3OC(c3ccccc3)=N2)cc1. The van der Waals surface area contributed by atoms with E-state index < -0.39 is 4.92 Å². The van der Waals surface area contributed by atoms with Gasteiger partial charge in [0.25, 0.3) is 5.69 Å². The summed E-state index contributed by atoms with van der Waals surface area (Å²) in [5, 5.41) is 10.9. The van der Waals surface area contributed by atoms with Crippen molar-refractivity contribution >= 4 is 23.1 Å². The minimum Gasteiger partial charge on any atom is -0.436 e. The first-order chi connectivity index (χ1) is 12.7. The highest BCUT2D eigenvalue weighted by atomic mass is 16.6. The molecule has 6 nitrogen and oxygen atoms in total. The lowest BCUT2D eigenvalue weighted by Gasteiger charge is -2.08. The van der Waals surface area contributed by atoms with E-state index in [2.05, 4.69) is 9.98 Å². The smallest absolute Gasteiger partial charge is 0.269 e. The lowest BCUT2D eigenvalue weighted by molar-refractivity contribution is -0.384. The van der Waals surface area contributed by atoms with Gasteiger partial charge in [0.1, 0.15) is 5.69 Å². The van der Waals surface area contributed by atoms with E-state index in [1.807, 2.05) is 54.6 Å². The molecule has 0 atom stereocenters. The van der Waals surface area contributed by atoms with Gasteiger partial charge in [0, 0.05) is 23.3 Å². The average Bonchev–Trinajstić information content (AvgIpc) is 2.88. The third kappa shape index (κ3) is 3.08. The molecule has 0 N–H and O–H groups in total. The third-order valence-corrected chi connectivity index (χ3v) is 3.86. The molecule has 0 saturated carbocycles. The lowest BCUT2D eigenvalue weighted by Crippen LogP contribution is -2.12. The Kier molecular flexibility index (Phi) is 3.99. The number of aliphatic imine (C=N–C) groups is 2. The van der Waals surface area contributed by atoms with Gasteiger partial charge in [-0.15, -0.1) is 0 Å². The van der Waals surface area contributed by atoms with E-state index in [1.165, 1.54) is 12.1 Å². The van der Waals surface area contributed by atoms with Crippen LogP contribution >= 0.6 is 0 Å². The number of hydrogen-bond acceptors (Lipinski definition) is 5. The van der Waals surface area contributed by atoms with Crippen molar-refractivity contribution < 1.29 is 9.66 Å². The van der Waals surface area contributed by atoms with E-state index >= 15 is 0 Å². The van der Waals surface area contributed by atoms with E-state index in [0.717, 1.165) is 5.56 Å². The molecular weight excluding hydrogens is 330 g/mol. The number of ether oxygens (including phenoxy) is 1. The second-order valence-electron chi connectivity index (χ2n) is 5.59. The molecule has 126 valence electrons.